The second-order valence-corrected chi connectivity index (χ2v) is 12.6. The smallest absolute Gasteiger partial charge is 0.168 e. The van der Waals surface area contributed by atoms with Crippen LogP contribution in [0.4, 0.5) is 11.4 Å². The Kier molecular flexibility index (Phi) is 5.76. The summed E-state index contributed by atoms with van der Waals surface area (Å²) in [6.07, 6.45) is 0. The second-order valence-electron chi connectivity index (χ2n) is 8.85. The molecule has 1 heterocycles. The molecule has 0 aromatic heterocycles. The monoisotopic (exact) mass is 417 g/mol. The van der Waals surface area contributed by atoms with E-state index in [2.05, 4.69) is 70.8 Å². The van der Waals surface area contributed by atoms with Crippen LogP contribution in [0.1, 0.15) is 40.2 Å². The molecule has 1 aliphatic rings. The average Bonchev–Trinajstić information content (AvgIpc) is 2.64. The summed E-state index contributed by atoms with van der Waals surface area (Å²) in [6, 6.07) is 10.4. The summed E-state index contributed by atoms with van der Waals surface area (Å²) < 4.78 is 17.8. The lowest BCUT2D eigenvalue weighted by Crippen LogP contribution is -2.29. The molecule has 6 heteroatoms. The zero-order valence-electron chi connectivity index (χ0n) is 18.2. The molecule has 0 atom stereocenters. The van der Waals surface area contributed by atoms with Crippen LogP contribution in [0.15, 0.2) is 40.1 Å². The lowest BCUT2D eigenvalue weighted by molar-refractivity contribution is 0.103. The predicted molar refractivity (Wildman–Crippen MR) is 121 cm³/mol. The highest BCUT2D eigenvalue weighted by molar-refractivity contribution is 7.99. The number of fused-ring (bicyclic) bond motifs is 2. The first-order chi connectivity index (χ1) is 13.1. The van der Waals surface area contributed by atoms with Crippen molar-refractivity contribution in [1.82, 2.24) is 0 Å². The van der Waals surface area contributed by atoms with E-state index in [9.17, 15) is 0 Å². The number of hydrogen-bond acceptors (Lipinski definition) is 5. The summed E-state index contributed by atoms with van der Waals surface area (Å²) in [4.78, 5) is 4.60. The normalized spacial score (nSPS) is 14.2. The number of rotatable bonds is 5. The second kappa shape index (κ2) is 7.65. The Morgan fingerprint density at radius 1 is 0.929 bits per heavy atom. The molecule has 4 nitrogen and oxygen atoms in total. The maximum atomic E-state index is 6.56. The van der Waals surface area contributed by atoms with Crippen molar-refractivity contribution in [2.24, 2.45) is 0 Å². The molecule has 0 fully saturated rings. The standard InChI is InChI=1S/C22H31NO3SSi/c1-21(2,3)28-26-22(4,5)19-17(25-8)12-11-16-20(19)27-18-13-14(24-7)9-10-15(18)23(16)6/h9-13H,28H2,1-8H3. The van der Waals surface area contributed by atoms with Gasteiger partial charge in [-0.15, -0.1) is 0 Å². The van der Waals surface area contributed by atoms with Crippen molar-refractivity contribution in [3.05, 3.63) is 35.9 Å². The van der Waals surface area contributed by atoms with Gasteiger partial charge in [-0.05, 0) is 49.2 Å². The molecule has 0 aliphatic carbocycles. The Morgan fingerprint density at radius 3 is 2.21 bits per heavy atom. The molecule has 2 aromatic carbocycles. The average molecular weight is 418 g/mol. The van der Waals surface area contributed by atoms with Crippen LogP contribution in [0.25, 0.3) is 0 Å². The molecule has 0 amide bonds. The minimum absolute atomic E-state index is 0.225. The number of anilines is 2. The van der Waals surface area contributed by atoms with E-state index in [0.717, 1.165) is 17.1 Å². The van der Waals surface area contributed by atoms with E-state index >= 15 is 0 Å². The van der Waals surface area contributed by atoms with Crippen LogP contribution >= 0.6 is 11.8 Å². The van der Waals surface area contributed by atoms with Crippen LogP contribution in [0.2, 0.25) is 5.04 Å². The first-order valence-corrected chi connectivity index (χ1v) is 11.6. The van der Waals surface area contributed by atoms with E-state index in [1.54, 1.807) is 26.0 Å². The molecule has 0 N–H and O–H groups in total. The lowest BCUT2D eigenvalue weighted by Gasteiger charge is -2.37. The van der Waals surface area contributed by atoms with Crippen molar-refractivity contribution in [3.8, 4) is 11.5 Å². The van der Waals surface area contributed by atoms with Gasteiger partial charge in [-0.25, -0.2) is 0 Å². The molecule has 0 saturated carbocycles. The number of ether oxygens (including phenoxy) is 2. The third kappa shape index (κ3) is 4.04. The molecule has 2 aromatic rings. The van der Waals surface area contributed by atoms with Gasteiger partial charge in [0.2, 0.25) is 0 Å². The Morgan fingerprint density at radius 2 is 1.61 bits per heavy atom. The number of benzene rings is 2. The van der Waals surface area contributed by atoms with Gasteiger partial charge in [0.1, 0.15) is 11.5 Å². The Labute approximate surface area is 175 Å². The fraction of sp³-hybridized carbons (Fsp3) is 0.455. The summed E-state index contributed by atoms with van der Waals surface area (Å²) in [5.74, 6) is 1.74. The Hall–Kier alpha value is -1.63. The fourth-order valence-electron chi connectivity index (χ4n) is 3.35. The lowest BCUT2D eigenvalue weighted by atomic mass is 9.96. The first-order valence-electron chi connectivity index (χ1n) is 9.52. The topological polar surface area (TPSA) is 30.9 Å². The van der Waals surface area contributed by atoms with Crippen LogP contribution in [0.5, 0.6) is 11.5 Å². The molecular formula is C22H31NO3SSi. The number of nitrogens with zero attached hydrogens (tertiary/aromatic N) is 1. The van der Waals surface area contributed by atoms with Crippen molar-refractivity contribution in [3.63, 3.8) is 0 Å². The predicted octanol–water partition coefficient (Wildman–Crippen LogP) is 5.49. The maximum absolute atomic E-state index is 6.56. The molecule has 0 spiro atoms. The van der Waals surface area contributed by atoms with E-state index in [0.29, 0.717) is 0 Å². The summed E-state index contributed by atoms with van der Waals surface area (Å²) >= 11 is 1.77. The van der Waals surface area contributed by atoms with Crippen LogP contribution in [0.3, 0.4) is 0 Å². The highest BCUT2D eigenvalue weighted by Crippen LogP contribution is 2.54. The van der Waals surface area contributed by atoms with Gasteiger partial charge in [-0.1, -0.05) is 32.5 Å². The summed E-state index contributed by atoms with van der Waals surface area (Å²) in [5, 5.41) is 0.225. The quantitative estimate of drug-likeness (QED) is 0.600. The van der Waals surface area contributed by atoms with Crippen LogP contribution < -0.4 is 14.4 Å². The van der Waals surface area contributed by atoms with Crippen molar-refractivity contribution in [2.45, 2.75) is 55.0 Å². The maximum Gasteiger partial charge on any atom is 0.168 e. The highest BCUT2D eigenvalue weighted by Gasteiger charge is 2.34. The summed E-state index contributed by atoms with van der Waals surface area (Å²) in [5.41, 5.74) is 3.04. The number of methoxy groups -OCH3 is 2. The van der Waals surface area contributed by atoms with Crippen LogP contribution in [-0.2, 0) is 10.0 Å². The minimum atomic E-state index is -0.727. The Bertz CT molecular complexity index is 877. The summed E-state index contributed by atoms with van der Waals surface area (Å²) in [6.45, 7) is 11.1. The molecular weight excluding hydrogens is 386 g/mol. The van der Waals surface area contributed by atoms with Crippen molar-refractivity contribution < 1.29 is 13.9 Å². The van der Waals surface area contributed by atoms with E-state index < -0.39 is 15.4 Å². The molecule has 28 heavy (non-hydrogen) atoms. The van der Waals surface area contributed by atoms with Gasteiger partial charge in [-0.3, -0.25) is 0 Å². The molecule has 0 radical (unpaired) electrons. The van der Waals surface area contributed by atoms with Gasteiger partial charge in [0.25, 0.3) is 0 Å². The Balaban J connectivity index is 2.11. The van der Waals surface area contributed by atoms with Gasteiger partial charge >= 0.3 is 0 Å². The zero-order chi connectivity index (χ0) is 20.7. The molecule has 1 aliphatic heterocycles. The van der Waals surface area contributed by atoms with Gasteiger partial charge in [0.15, 0.2) is 9.76 Å². The van der Waals surface area contributed by atoms with Crippen molar-refractivity contribution in [2.75, 3.05) is 26.2 Å². The fourth-order valence-corrected chi connectivity index (χ4v) is 5.75. The van der Waals surface area contributed by atoms with E-state index in [1.165, 1.54) is 21.2 Å². The molecule has 152 valence electrons. The van der Waals surface area contributed by atoms with Crippen molar-refractivity contribution in [1.29, 1.82) is 0 Å². The van der Waals surface area contributed by atoms with Gasteiger partial charge in [0.05, 0.1) is 31.2 Å². The van der Waals surface area contributed by atoms with Gasteiger partial charge < -0.3 is 18.8 Å². The third-order valence-electron chi connectivity index (χ3n) is 4.89. The van der Waals surface area contributed by atoms with Crippen LogP contribution in [0, 0.1) is 0 Å². The van der Waals surface area contributed by atoms with Crippen molar-refractivity contribution >= 4 is 32.9 Å². The third-order valence-corrected chi connectivity index (χ3v) is 7.78. The van der Waals surface area contributed by atoms with E-state index in [4.69, 9.17) is 13.9 Å². The van der Waals surface area contributed by atoms with E-state index in [-0.39, 0.29) is 5.04 Å². The first kappa shape index (κ1) is 21.1. The molecule has 3 rings (SSSR count). The largest absolute Gasteiger partial charge is 0.497 e. The van der Waals surface area contributed by atoms with Gasteiger partial charge in [0, 0.05) is 22.4 Å². The van der Waals surface area contributed by atoms with Gasteiger partial charge in [-0.2, -0.15) is 0 Å². The molecule has 0 saturated heterocycles. The zero-order valence-corrected chi connectivity index (χ0v) is 20.4. The minimum Gasteiger partial charge on any atom is -0.497 e. The SMILES string of the molecule is COc1ccc2c(c1)Sc1c(ccc(OC)c1C(C)(C)O[SiH2]C(C)(C)C)N2C. The molecule has 0 bridgehead atoms. The highest BCUT2D eigenvalue weighted by atomic mass is 32.2. The van der Waals surface area contributed by atoms with E-state index in [1.807, 2.05) is 6.07 Å². The molecule has 0 unspecified atom stereocenters. The summed E-state index contributed by atoms with van der Waals surface area (Å²) in [7, 11) is 4.82. The van der Waals surface area contributed by atoms with Crippen LogP contribution in [-0.4, -0.2) is 31.0 Å². The number of hydrogen-bond donors (Lipinski definition) is 0.